The number of nitrogens with one attached hydrogen (secondary N) is 1. The number of amides is 1. The van der Waals surface area contributed by atoms with Gasteiger partial charge in [0.1, 0.15) is 17.0 Å². The van der Waals surface area contributed by atoms with Crippen LogP contribution in [0.5, 0.6) is 0 Å². The number of hydrogen-bond acceptors (Lipinski definition) is 5. The number of rotatable bonds is 6. The molecular weight excluding hydrogens is 274 g/mol. The van der Waals surface area contributed by atoms with Crippen molar-refractivity contribution >= 4 is 17.2 Å². The zero-order valence-electron chi connectivity index (χ0n) is 11.6. The zero-order chi connectivity index (χ0) is 14.5. The van der Waals surface area contributed by atoms with E-state index in [0.717, 1.165) is 17.0 Å². The molecule has 6 heteroatoms. The summed E-state index contributed by atoms with van der Waals surface area (Å²) in [6.07, 6.45) is 4.06. The number of hydrogen-bond donors (Lipinski definition) is 2. The van der Waals surface area contributed by atoms with Crippen LogP contribution in [0.2, 0.25) is 0 Å². The summed E-state index contributed by atoms with van der Waals surface area (Å²) in [5.74, 6) is 0.313. The summed E-state index contributed by atoms with van der Waals surface area (Å²) in [5, 5.41) is 5.46. The molecule has 3 N–H and O–H groups in total. The van der Waals surface area contributed by atoms with E-state index >= 15 is 0 Å². The highest BCUT2D eigenvalue weighted by molar-refractivity contribution is 7.13. The summed E-state index contributed by atoms with van der Waals surface area (Å²) in [5.41, 5.74) is 6.99. The van der Waals surface area contributed by atoms with Gasteiger partial charge in [-0.15, -0.1) is 11.3 Å². The maximum atomic E-state index is 12.1. The van der Waals surface area contributed by atoms with Crippen molar-refractivity contribution in [2.45, 2.75) is 26.3 Å². The Morgan fingerprint density at radius 2 is 2.35 bits per heavy atom. The number of aromatic nitrogens is 1. The van der Waals surface area contributed by atoms with Crippen LogP contribution in [0.1, 0.15) is 30.8 Å². The second-order valence-electron chi connectivity index (χ2n) is 5.09. The van der Waals surface area contributed by atoms with Crippen LogP contribution in [-0.2, 0) is 0 Å². The molecule has 0 radical (unpaired) electrons. The quantitative estimate of drug-likeness (QED) is 0.857. The molecule has 0 bridgehead atoms. The van der Waals surface area contributed by atoms with Crippen LogP contribution >= 0.6 is 11.3 Å². The molecule has 2 heterocycles. The van der Waals surface area contributed by atoms with E-state index in [-0.39, 0.29) is 11.9 Å². The first kappa shape index (κ1) is 14.7. The van der Waals surface area contributed by atoms with Gasteiger partial charge in [0.25, 0.3) is 5.91 Å². The first-order valence-corrected chi connectivity index (χ1v) is 7.47. The third-order valence-corrected chi connectivity index (χ3v) is 3.77. The molecule has 2 rings (SSSR count). The Morgan fingerprint density at radius 3 is 2.95 bits per heavy atom. The normalized spacial score (nSPS) is 12.6. The Bertz CT molecular complexity index is 549. The highest BCUT2D eigenvalue weighted by atomic mass is 32.1. The van der Waals surface area contributed by atoms with Gasteiger partial charge in [-0.2, -0.15) is 0 Å². The Kier molecular flexibility index (Phi) is 4.92. The first-order chi connectivity index (χ1) is 9.60. The van der Waals surface area contributed by atoms with E-state index in [1.807, 2.05) is 6.07 Å². The smallest absolute Gasteiger partial charge is 0.271 e. The van der Waals surface area contributed by atoms with Gasteiger partial charge in [-0.05, 0) is 18.4 Å². The van der Waals surface area contributed by atoms with E-state index in [0.29, 0.717) is 18.2 Å². The van der Waals surface area contributed by atoms with Gasteiger partial charge in [-0.25, -0.2) is 4.98 Å². The molecule has 0 aromatic carbocycles. The Labute approximate surface area is 122 Å². The van der Waals surface area contributed by atoms with Crippen LogP contribution in [0.15, 0.2) is 28.4 Å². The van der Waals surface area contributed by atoms with Gasteiger partial charge in [0.05, 0.1) is 6.26 Å². The van der Waals surface area contributed by atoms with Crippen LogP contribution in [0, 0.1) is 5.92 Å². The van der Waals surface area contributed by atoms with Crippen molar-refractivity contribution in [1.29, 1.82) is 0 Å². The lowest BCUT2D eigenvalue weighted by Gasteiger charge is -2.18. The van der Waals surface area contributed by atoms with E-state index in [4.69, 9.17) is 10.2 Å². The molecular formula is C14H19N3O2S. The van der Waals surface area contributed by atoms with Gasteiger partial charge in [0, 0.05) is 23.5 Å². The summed E-state index contributed by atoms with van der Waals surface area (Å²) in [4.78, 5) is 16.5. The Hall–Kier alpha value is -1.66. The van der Waals surface area contributed by atoms with Gasteiger partial charge < -0.3 is 15.5 Å². The van der Waals surface area contributed by atoms with Crippen molar-refractivity contribution in [3.63, 3.8) is 0 Å². The summed E-state index contributed by atoms with van der Waals surface area (Å²) in [7, 11) is 0. The summed E-state index contributed by atoms with van der Waals surface area (Å²) >= 11 is 1.42. The van der Waals surface area contributed by atoms with E-state index in [2.05, 4.69) is 24.1 Å². The van der Waals surface area contributed by atoms with Crippen molar-refractivity contribution in [2.24, 2.45) is 11.7 Å². The molecule has 0 aliphatic rings. The predicted molar refractivity (Wildman–Crippen MR) is 79.6 cm³/mol. The minimum atomic E-state index is -0.174. The predicted octanol–water partition coefficient (Wildman–Crippen LogP) is 2.51. The highest BCUT2D eigenvalue weighted by Crippen LogP contribution is 2.23. The van der Waals surface area contributed by atoms with Crippen molar-refractivity contribution < 1.29 is 9.21 Å². The van der Waals surface area contributed by atoms with E-state index in [1.54, 1.807) is 17.9 Å². The van der Waals surface area contributed by atoms with Crippen LogP contribution in [0.4, 0.5) is 0 Å². The lowest BCUT2D eigenvalue weighted by atomic mass is 10.0. The largest absolute Gasteiger partial charge is 0.472 e. The topological polar surface area (TPSA) is 81.1 Å². The summed E-state index contributed by atoms with van der Waals surface area (Å²) in [6, 6.07) is 1.81. The SMILES string of the molecule is CC(C)CC(CN)NC(=O)c1csc(-c2ccoc2)n1. The lowest BCUT2D eigenvalue weighted by molar-refractivity contribution is 0.0929. The molecule has 0 aliphatic carbocycles. The number of nitrogens with zero attached hydrogens (tertiary/aromatic N) is 1. The standard InChI is InChI=1S/C14H19N3O2S/c1-9(2)5-11(6-15)16-13(18)12-8-20-14(17-12)10-3-4-19-7-10/h3-4,7-9,11H,5-6,15H2,1-2H3,(H,16,18). The fourth-order valence-electron chi connectivity index (χ4n) is 1.94. The second-order valence-corrected chi connectivity index (χ2v) is 5.94. The molecule has 0 aliphatic heterocycles. The minimum absolute atomic E-state index is 0.0124. The summed E-state index contributed by atoms with van der Waals surface area (Å²) < 4.78 is 5.01. The molecule has 1 unspecified atom stereocenters. The second kappa shape index (κ2) is 6.67. The Morgan fingerprint density at radius 1 is 1.55 bits per heavy atom. The molecule has 1 atom stereocenters. The van der Waals surface area contributed by atoms with Gasteiger partial charge >= 0.3 is 0 Å². The average molecular weight is 293 g/mol. The monoisotopic (exact) mass is 293 g/mol. The molecule has 2 aromatic heterocycles. The number of thiazole rings is 1. The molecule has 5 nitrogen and oxygen atoms in total. The van der Waals surface area contributed by atoms with Gasteiger partial charge in [-0.1, -0.05) is 13.8 Å². The molecule has 0 saturated carbocycles. The molecule has 0 fully saturated rings. The van der Waals surface area contributed by atoms with Crippen molar-refractivity contribution in [1.82, 2.24) is 10.3 Å². The molecule has 2 aromatic rings. The number of nitrogens with two attached hydrogens (primary N) is 1. The van der Waals surface area contributed by atoms with Crippen molar-refractivity contribution in [2.75, 3.05) is 6.54 Å². The van der Waals surface area contributed by atoms with Gasteiger partial charge in [0.2, 0.25) is 0 Å². The lowest BCUT2D eigenvalue weighted by Crippen LogP contribution is -2.41. The third-order valence-electron chi connectivity index (χ3n) is 2.88. The number of carbonyl (C=O) groups excluding carboxylic acids is 1. The number of furan rings is 1. The summed E-state index contributed by atoms with van der Waals surface area (Å²) in [6.45, 7) is 4.64. The number of carbonyl (C=O) groups is 1. The molecule has 1 amide bonds. The van der Waals surface area contributed by atoms with Gasteiger partial charge in [0.15, 0.2) is 0 Å². The molecule has 20 heavy (non-hydrogen) atoms. The first-order valence-electron chi connectivity index (χ1n) is 6.59. The minimum Gasteiger partial charge on any atom is -0.472 e. The third kappa shape index (κ3) is 3.68. The van der Waals surface area contributed by atoms with E-state index in [9.17, 15) is 4.79 Å². The van der Waals surface area contributed by atoms with Crippen LogP contribution in [0.25, 0.3) is 10.6 Å². The fraction of sp³-hybridized carbons (Fsp3) is 0.429. The van der Waals surface area contributed by atoms with E-state index in [1.165, 1.54) is 11.3 Å². The fourth-order valence-corrected chi connectivity index (χ4v) is 2.73. The maximum Gasteiger partial charge on any atom is 0.271 e. The van der Waals surface area contributed by atoms with E-state index < -0.39 is 0 Å². The van der Waals surface area contributed by atoms with Gasteiger partial charge in [-0.3, -0.25) is 4.79 Å². The zero-order valence-corrected chi connectivity index (χ0v) is 12.4. The molecule has 0 saturated heterocycles. The van der Waals surface area contributed by atoms with Crippen LogP contribution in [0.3, 0.4) is 0 Å². The Balaban J connectivity index is 2.02. The molecule has 0 spiro atoms. The van der Waals surface area contributed by atoms with Crippen molar-refractivity contribution in [3.05, 3.63) is 29.7 Å². The highest BCUT2D eigenvalue weighted by Gasteiger charge is 2.17. The van der Waals surface area contributed by atoms with Crippen molar-refractivity contribution in [3.8, 4) is 10.6 Å². The molecule has 108 valence electrons. The average Bonchev–Trinajstić information content (AvgIpc) is 3.07. The van der Waals surface area contributed by atoms with Crippen LogP contribution < -0.4 is 11.1 Å². The van der Waals surface area contributed by atoms with Crippen LogP contribution in [-0.4, -0.2) is 23.5 Å². The maximum absolute atomic E-state index is 12.1.